The van der Waals surface area contributed by atoms with Gasteiger partial charge in [-0.2, -0.15) is 0 Å². The van der Waals surface area contributed by atoms with Crippen LogP contribution in [-0.4, -0.2) is 62.0 Å². The molecule has 0 saturated heterocycles. The number of hydrogen-bond acceptors (Lipinski definition) is 5. The quantitative estimate of drug-likeness (QED) is 0.318. The third-order valence-corrected chi connectivity index (χ3v) is 3.37. The maximum Gasteiger partial charge on any atom is 0.259 e. The van der Waals surface area contributed by atoms with Gasteiger partial charge in [0.15, 0.2) is 0 Å². The second-order valence-electron chi connectivity index (χ2n) is 5.30. The van der Waals surface area contributed by atoms with Crippen molar-refractivity contribution in [2.45, 2.75) is 19.5 Å². The molecule has 0 aliphatic rings. The van der Waals surface area contributed by atoms with E-state index in [1.165, 1.54) is 11.0 Å². The van der Waals surface area contributed by atoms with Crippen molar-refractivity contribution in [2.75, 3.05) is 27.9 Å². The van der Waals surface area contributed by atoms with E-state index >= 15 is 0 Å². The fourth-order valence-electron chi connectivity index (χ4n) is 1.86. The molecule has 0 saturated carbocycles. The van der Waals surface area contributed by atoms with E-state index in [4.69, 9.17) is 16.7 Å². The Kier molecular flexibility index (Phi) is 11.9. The minimum atomic E-state index is -1.04. The van der Waals surface area contributed by atoms with Gasteiger partial charge >= 0.3 is 0 Å². The number of ether oxygens (including phenoxy) is 1. The van der Waals surface area contributed by atoms with Gasteiger partial charge < -0.3 is 24.9 Å². The van der Waals surface area contributed by atoms with Crippen LogP contribution in [0.15, 0.2) is 35.9 Å². The van der Waals surface area contributed by atoms with Gasteiger partial charge in [-0.05, 0) is 24.6 Å². The van der Waals surface area contributed by atoms with E-state index in [9.17, 15) is 14.4 Å². The average molecular weight is 385 g/mol. The van der Waals surface area contributed by atoms with Gasteiger partial charge in [-0.15, -0.1) is 0 Å². The zero-order valence-electron chi connectivity index (χ0n) is 15.4. The first-order chi connectivity index (χ1) is 12.3. The summed E-state index contributed by atoms with van der Waals surface area (Å²) in [6.45, 7) is 1.33. The Hall–Kier alpha value is -2.22. The minimum absolute atomic E-state index is 0.0956. The standard InChI is InChI=1S/C16H19ClN2O4.C2H6O/c1-3-14(15(22)18-13(9-20)10-21)16(23)19(2)8-11-4-6-12(17)7-5-11;1-3-2/h3-7,9,13,21H,8,10H2,1-2H3,(H,18,22);1-2H3/b14-3-;/t13-;/m1./s1. The number of allylic oxidation sites excluding steroid dienone is 1. The van der Waals surface area contributed by atoms with Crippen molar-refractivity contribution in [2.24, 2.45) is 0 Å². The Morgan fingerprint density at radius 3 is 2.27 bits per heavy atom. The Labute approximate surface area is 158 Å². The molecular weight excluding hydrogens is 360 g/mol. The first kappa shape index (κ1) is 23.8. The summed E-state index contributed by atoms with van der Waals surface area (Å²) in [7, 11) is 4.82. The van der Waals surface area contributed by atoms with Crippen molar-refractivity contribution < 1.29 is 24.2 Å². The molecule has 0 aromatic heterocycles. The number of methoxy groups -OCH3 is 1. The number of nitrogens with zero attached hydrogens (tertiary/aromatic N) is 1. The lowest BCUT2D eigenvalue weighted by Gasteiger charge is -2.19. The SMILES string of the molecule is C/C=C(/C(=O)N[C@H](C=O)CO)C(=O)N(C)Cc1ccc(Cl)cc1.COC. The molecule has 0 bridgehead atoms. The molecule has 0 spiro atoms. The summed E-state index contributed by atoms with van der Waals surface area (Å²) >= 11 is 5.81. The number of aliphatic hydroxyl groups excluding tert-OH is 1. The van der Waals surface area contributed by atoms with Gasteiger partial charge in [-0.1, -0.05) is 29.8 Å². The number of aldehydes is 1. The highest BCUT2D eigenvalue weighted by molar-refractivity contribution is 6.30. The molecule has 0 aliphatic carbocycles. The molecule has 2 N–H and O–H groups in total. The van der Waals surface area contributed by atoms with Crippen LogP contribution >= 0.6 is 11.6 Å². The van der Waals surface area contributed by atoms with E-state index in [1.807, 2.05) is 0 Å². The second-order valence-corrected chi connectivity index (χ2v) is 5.73. The smallest absolute Gasteiger partial charge is 0.259 e. The predicted molar refractivity (Wildman–Crippen MR) is 99.7 cm³/mol. The van der Waals surface area contributed by atoms with Crippen LogP contribution in [0, 0.1) is 0 Å². The molecule has 144 valence electrons. The fourth-order valence-corrected chi connectivity index (χ4v) is 1.99. The molecule has 26 heavy (non-hydrogen) atoms. The molecule has 0 heterocycles. The maximum atomic E-state index is 12.4. The number of carbonyl (C=O) groups excluding carboxylic acids is 3. The van der Waals surface area contributed by atoms with Crippen LogP contribution in [0.2, 0.25) is 5.02 Å². The van der Waals surface area contributed by atoms with Crippen LogP contribution in [0.4, 0.5) is 0 Å². The highest BCUT2D eigenvalue weighted by Gasteiger charge is 2.23. The molecule has 2 amide bonds. The highest BCUT2D eigenvalue weighted by atomic mass is 35.5. The van der Waals surface area contributed by atoms with Gasteiger partial charge in [0.05, 0.1) is 6.61 Å². The molecular formula is C18H25ClN2O5. The lowest BCUT2D eigenvalue weighted by Crippen LogP contribution is -2.42. The molecule has 0 unspecified atom stereocenters. The first-order valence-corrected chi connectivity index (χ1v) is 8.15. The highest BCUT2D eigenvalue weighted by Crippen LogP contribution is 2.12. The number of carbonyl (C=O) groups is 3. The number of hydrogen-bond donors (Lipinski definition) is 2. The molecule has 1 atom stereocenters. The number of benzene rings is 1. The molecule has 1 rings (SSSR count). The Bertz CT molecular complexity index is 617. The summed E-state index contributed by atoms with van der Waals surface area (Å²) in [4.78, 5) is 36.4. The third kappa shape index (κ3) is 8.24. The normalized spacial score (nSPS) is 11.7. The summed E-state index contributed by atoms with van der Waals surface area (Å²) in [5, 5.41) is 11.8. The van der Waals surface area contributed by atoms with Crippen molar-refractivity contribution in [3.05, 3.63) is 46.5 Å². The Balaban J connectivity index is 0.00000194. The number of aliphatic hydroxyl groups is 1. The lowest BCUT2D eigenvalue weighted by molar-refractivity contribution is -0.130. The second kappa shape index (κ2) is 13.0. The number of likely N-dealkylation sites (N-methyl/N-ethyl adjacent to an activating group) is 1. The van der Waals surface area contributed by atoms with Crippen LogP contribution in [-0.2, 0) is 25.7 Å². The summed E-state index contributed by atoms with van der Waals surface area (Å²) < 4.78 is 4.25. The van der Waals surface area contributed by atoms with Crippen molar-refractivity contribution >= 4 is 29.7 Å². The zero-order chi connectivity index (χ0) is 20.1. The van der Waals surface area contributed by atoms with E-state index in [0.29, 0.717) is 17.9 Å². The van der Waals surface area contributed by atoms with E-state index in [2.05, 4.69) is 10.1 Å². The minimum Gasteiger partial charge on any atom is -0.394 e. The molecule has 8 heteroatoms. The van der Waals surface area contributed by atoms with Gasteiger partial charge in [0.25, 0.3) is 11.8 Å². The van der Waals surface area contributed by atoms with E-state index in [0.717, 1.165) is 5.56 Å². The topological polar surface area (TPSA) is 95.9 Å². The zero-order valence-corrected chi connectivity index (χ0v) is 16.1. The number of halogens is 1. The van der Waals surface area contributed by atoms with Crippen LogP contribution in [0.3, 0.4) is 0 Å². The summed E-state index contributed by atoms with van der Waals surface area (Å²) in [5.74, 6) is -1.19. The maximum absolute atomic E-state index is 12.4. The Morgan fingerprint density at radius 1 is 1.31 bits per heavy atom. The van der Waals surface area contributed by atoms with Crippen molar-refractivity contribution in [1.82, 2.24) is 10.2 Å². The largest absolute Gasteiger partial charge is 0.394 e. The molecule has 0 radical (unpaired) electrons. The summed E-state index contributed by atoms with van der Waals surface area (Å²) in [6, 6.07) is 5.97. The average Bonchev–Trinajstić information content (AvgIpc) is 2.62. The van der Waals surface area contributed by atoms with Gasteiger partial charge in [-0.25, -0.2) is 0 Å². The first-order valence-electron chi connectivity index (χ1n) is 7.77. The van der Waals surface area contributed by atoms with Gasteiger partial charge in [-0.3, -0.25) is 9.59 Å². The molecule has 1 aromatic carbocycles. The molecule has 0 fully saturated rings. The van der Waals surface area contributed by atoms with Crippen molar-refractivity contribution in [1.29, 1.82) is 0 Å². The third-order valence-electron chi connectivity index (χ3n) is 3.12. The Morgan fingerprint density at radius 2 is 1.85 bits per heavy atom. The molecule has 1 aromatic rings. The van der Waals surface area contributed by atoms with Crippen LogP contribution in [0.5, 0.6) is 0 Å². The van der Waals surface area contributed by atoms with Gasteiger partial charge in [0.2, 0.25) is 0 Å². The monoisotopic (exact) mass is 384 g/mol. The van der Waals surface area contributed by atoms with Crippen LogP contribution in [0.1, 0.15) is 12.5 Å². The predicted octanol–water partition coefficient (Wildman–Crippen LogP) is 1.18. The summed E-state index contributed by atoms with van der Waals surface area (Å²) in [6.07, 6.45) is 1.78. The number of amides is 2. The fraction of sp³-hybridized carbons (Fsp3) is 0.389. The van der Waals surface area contributed by atoms with E-state index in [1.54, 1.807) is 52.5 Å². The number of nitrogens with one attached hydrogen (secondary N) is 1. The lowest BCUT2D eigenvalue weighted by atomic mass is 10.1. The van der Waals surface area contributed by atoms with Gasteiger partial charge in [0.1, 0.15) is 17.9 Å². The van der Waals surface area contributed by atoms with Crippen LogP contribution in [0.25, 0.3) is 0 Å². The van der Waals surface area contributed by atoms with Crippen molar-refractivity contribution in [3.63, 3.8) is 0 Å². The molecule has 7 nitrogen and oxygen atoms in total. The van der Waals surface area contributed by atoms with Crippen LogP contribution < -0.4 is 5.32 Å². The molecule has 0 aliphatic heterocycles. The van der Waals surface area contributed by atoms with Crippen molar-refractivity contribution in [3.8, 4) is 0 Å². The summed E-state index contributed by atoms with van der Waals surface area (Å²) in [5.41, 5.74) is 0.768. The number of rotatable bonds is 7. The van der Waals surface area contributed by atoms with E-state index in [-0.39, 0.29) is 5.57 Å². The van der Waals surface area contributed by atoms with Gasteiger partial charge in [0, 0.05) is 32.8 Å². The van der Waals surface area contributed by atoms with E-state index < -0.39 is 24.5 Å².